The summed E-state index contributed by atoms with van der Waals surface area (Å²) in [6.07, 6.45) is 1.06. The van der Waals surface area contributed by atoms with E-state index in [9.17, 15) is 4.39 Å². The molecule has 0 aliphatic carbocycles. The van der Waals surface area contributed by atoms with E-state index in [1.165, 1.54) is 6.07 Å². The van der Waals surface area contributed by atoms with Crippen molar-refractivity contribution in [2.75, 3.05) is 13.7 Å². The van der Waals surface area contributed by atoms with Crippen molar-refractivity contribution in [3.63, 3.8) is 0 Å². The lowest BCUT2D eigenvalue weighted by Crippen LogP contribution is -2.30. The van der Waals surface area contributed by atoms with Crippen molar-refractivity contribution >= 4 is 0 Å². The van der Waals surface area contributed by atoms with Gasteiger partial charge in [0.25, 0.3) is 0 Å². The molecule has 1 aromatic rings. The van der Waals surface area contributed by atoms with Gasteiger partial charge in [-0.05, 0) is 24.5 Å². The smallest absolute Gasteiger partial charge is 0.128 e. The lowest BCUT2D eigenvalue weighted by molar-refractivity contribution is 0.379. The Hall–Kier alpha value is -1.09. The molecule has 2 nitrogen and oxygen atoms in total. The average molecular weight is 237 g/mol. The summed E-state index contributed by atoms with van der Waals surface area (Å²) < 4.78 is 19.2. The zero-order chi connectivity index (χ0) is 12.4. The fraction of sp³-hybridized carbons (Fsp3) is 0.571. The van der Waals surface area contributed by atoms with Crippen LogP contribution in [0.25, 0.3) is 0 Å². The maximum Gasteiger partial charge on any atom is 0.128 e. The number of rotatable bonds is 3. The first kappa shape index (κ1) is 12.4. The normalized spacial score (nSPS) is 19.2. The molecule has 0 saturated carbocycles. The molecule has 0 saturated heterocycles. The summed E-state index contributed by atoms with van der Waals surface area (Å²) in [5.41, 5.74) is 1.85. The molecule has 0 amide bonds. The van der Waals surface area contributed by atoms with Gasteiger partial charge >= 0.3 is 0 Å². The first-order valence-corrected chi connectivity index (χ1v) is 6.19. The highest BCUT2D eigenvalue weighted by Crippen LogP contribution is 2.37. The van der Waals surface area contributed by atoms with Crippen LogP contribution in [0.3, 0.4) is 0 Å². The Bertz CT molecular complexity index is 403. The molecule has 0 spiro atoms. The van der Waals surface area contributed by atoms with Crippen molar-refractivity contribution in [1.29, 1.82) is 0 Å². The molecular formula is C14H20FNO. The van der Waals surface area contributed by atoms with E-state index in [1.807, 2.05) is 0 Å². The topological polar surface area (TPSA) is 21.3 Å². The first-order valence-electron chi connectivity index (χ1n) is 6.19. The SMILES string of the molecule is COc1ccc(F)c2c1C(CC(C)C)CNC2. The van der Waals surface area contributed by atoms with E-state index in [1.54, 1.807) is 13.2 Å². The minimum Gasteiger partial charge on any atom is -0.496 e. The number of benzene rings is 1. The summed E-state index contributed by atoms with van der Waals surface area (Å²) >= 11 is 0. The molecule has 1 N–H and O–H groups in total. The molecule has 1 aromatic carbocycles. The van der Waals surface area contributed by atoms with E-state index in [-0.39, 0.29) is 5.82 Å². The zero-order valence-corrected chi connectivity index (χ0v) is 10.7. The predicted octanol–water partition coefficient (Wildman–Crippen LogP) is 3.07. The van der Waals surface area contributed by atoms with Crippen molar-refractivity contribution < 1.29 is 9.13 Å². The van der Waals surface area contributed by atoms with Gasteiger partial charge in [0.1, 0.15) is 11.6 Å². The van der Waals surface area contributed by atoms with Crippen molar-refractivity contribution in [2.24, 2.45) is 5.92 Å². The number of nitrogens with one attached hydrogen (secondary N) is 1. The number of hydrogen-bond acceptors (Lipinski definition) is 2. The molecule has 1 aliphatic rings. The van der Waals surface area contributed by atoms with E-state index in [0.29, 0.717) is 18.4 Å². The van der Waals surface area contributed by atoms with Gasteiger partial charge in [0.2, 0.25) is 0 Å². The number of hydrogen-bond donors (Lipinski definition) is 1. The monoisotopic (exact) mass is 237 g/mol. The third-order valence-corrected chi connectivity index (χ3v) is 3.34. The second kappa shape index (κ2) is 5.05. The predicted molar refractivity (Wildman–Crippen MR) is 66.9 cm³/mol. The number of fused-ring (bicyclic) bond motifs is 1. The van der Waals surface area contributed by atoms with Gasteiger partial charge in [0, 0.05) is 30.1 Å². The Balaban J connectivity index is 2.43. The van der Waals surface area contributed by atoms with Crippen LogP contribution in [-0.4, -0.2) is 13.7 Å². The lowest BCUT2D eigenvalue weighted by atomic mass is 9.84. The Kier molecular flexibility index (Phi) is 3.67. The largest absolute Gasteiger partial charge is 0.496 e. The molecular weight excluding hydrogens is 217 g/mol. The van der Waals surface area contributed by atoms with Crippen LogP contribution < -0.4 is 10.1 Å². The Labute approximate surface area is 102 Å². The summed E-state index contributed by atoms with van der Waals surface area (Å²) in [5, 5.41) is 3.29. The minimum absolute atomic E-state index is 0.123. The highest BCUT2D eigenvalue weighted by molar-refractivity contribution is 5.45. The number of ether oxygens (including phenoxy) is 1. The third-order valence-electron chi connectivity index (χ3n) is 3.34. The van der Waals surface area contributed by atoms with Gasteiger partial charge in [-0.3, -0.25) is 0 Å². The van der Waals surface area contributed by atoms with Crippen LogP contribution >= 0.6 is 0 Å². The summed E-state index contributed by atoms with van der Waals surface area (Å²) in [6.45, 7) is 5.90. The van der Waals surface area contributed by atoms with Crippen LogP contribution in [0.4, 0.5) is 4.39 Å². The molecule has 3 heteroatoms. The van der Waals surface area contributed by atoms with E-state index in [2.05, 4.69) is 19.2 Å². The molecule has 1 heterocycles. The highest BCUT2D eigenvalue weighted by atomic mass is 19.1. The second-order valence-corrected chi connectivity index (χ2v) is 5.10. The first-order chi connectivity index (χ1) is 8.13. The quantitative estimate of drug-likeness (QED) is 0.872. The maximum absolute atomic E-state index is 13.8. The van der Waals surface area contributed by atoms with Crippen molar-refractivity contribution in [2.45, 2.75) is 32.7 Å². The molecule has 0 bridgehead atoms. The van der Waals surface area contributed by atoms with Gasteiger partial charge in [-0.25, -0.2) is 4.39 Å². The van der Waals surface area contributed by atoms with E-state index < -0.39 is 0 Å². The summed E-state index contributed by atoms with van der Waals surface area (Å²) in [5.74, 6) is 1.65. The van der Waals surface area contributed by atoms with E-state index in [0.717, 1.165) is 29.8 Å². The van der Waals surface area contributed by atoms with Crippen molar-refractivity contribution in [3.8, 4) is 5.75 Å². The van der Waals surface area contributed by atoms with Gasteiger partial charge in [0.05, 0.1) is 7.11 Å². The van der Waals surface area contributed by atoms with Crippen LogP contribution in [0, 0.1) is 11.7 Å². The number of halogens is 1. The molecule has 94 valence electrons. The van der Waals surface area contributed by atoms with Crippen LogP contribution in [0.2, 0.25) is 0 Å². The Morgan fingerprint density at radius 2 is 2.24 bits per heavy atom. The molecule has 0 radical (unpaired) electrons. The third kappa shape index (κ3) is 2.44. The molecule has 17 heavy (non-hydrogen) atoms. The van der Waals surface area contributed by atoms with Crippen LogP contribution in [0.15, 0.2) is 12.1 Å². The average Bonchev–Trinajstić information content (AvgIpc) is 2.30. The molecule has 0 aromatic heterocycles. The number of methoxy groups -OCH3 is 1. The Morgan fingerprint density at radius 1 is 1.47 bits per heavy atom. The van der Waals surface area contributed by atoms with Gasteiger partial charge in [0.15, 0.2) is 0 Å². The molecule has 0 fully saturated rings. The highest BCUT2D eigenvalue weighted by Gasteiger charge is 2.26. The van der Waals surface area contributed by atoms with Gasteiger partial charge < -0.3 is 10.1 Å². The summed E-state index contributed by atoms with van der Waals surface area (Å²) in [7, 11) is 1.65. The molecule has 1 atom stereocenters. The van der Waals surface area contributed by atoms with Crippen LogP contribution in [0.5, 0.6) is 5.75 Å². The fourth-order valence-electron chi connectivity index (χ4n) is 2.67. The van der Waals surface area contributed by atoms with E-state index >= 15 is 0 Å². The van der Waals surface area contributed by atoms with Gasteiger partial charge in [-0.15, -0.1) is 0 Å². The lowest BCUT2D eigenvalue weighted by Gasteiger charge is -2.29. The standard InChI is InChI=1S/C14H20FNO/c1-9(2)6-10-7-16-8-11-12(15)4-5-13(17-3)14(10)11/h4-5,9-10,16H,6-8H2,1-3H3. The van der Waals surface area contributed by atoms with E-state index in [4.69, 9.17) is 4.74 Å². The maximum atomic E-state index is 13.8. The van der Waals surface area contributed by atoms with Crippen molar-refractivity contribution in [1.82, 2.24) is 5.32 Å². The molecule has 1 unspecified atom stereocenters. The fourth-order valence-corrected chi connectivity index (χ4v) is 2.67. The Morgan fingerprint density at radius 3 is 2.88 bits per heavy atom. The molecule has 1 aliphatic heterocycles. The van der Waals surface area contributed by atoms with Crippen LogP contribution in [0.1, 0.15) is 37.3 Å². The minimum atomic E-state index is -0.123. The second-order valence-electron chi connectivity index (χ2n) is 5.10. The molecule has 2 rings (SSSR count). The van der Waals surface area contributed by atoms with Gasteiger partial charge in [-0.1, -0.05) is 13.8 Å². The summed E-state index contributed by atoms with van der Waals surface area (Å²) in [6, 6.07) is 3.24. The zero-order valence-electron chi connectivity index (χ0n) is 10.7. The van der Waals surface area contributed by atoms with Crippen molar-refractivity contribution in [3.05, 3.63) is 29.1 Å². The summed E-state index contributed by atoms with van der Waals surface area (Å²) in [4.78, 5) is 0. The van der Waals surface area contributed by atoms with Crippen LogP contribution in [-0.2, 0) is 6.54 Å². The van der Waals surface area contributed by atoms with Gasteiger partial charge in [-0.2, -0.15) is 0 Å².